The van der Waals surface area contributed by atoms with Crippen LogP contribution in [0, 0.1) is 6.92 Å². The summed E-state index contributed by atoms with van der Waals surface area (Å²) in [5, 5.41) is 1.67. The molecule has 0 spiro atoms. The number of allylic oxidation sites excluding steroid dienone is 4. The maximum atomic E-state index is 12.9. The highest BCUT2D eigenvalue weighted by atomic mass is 32.1. The Bertz CT molecular complexity index is 2130. The lowest BCUT2D eigenvalue weighted by Gasteiger charge is -2.28. The van der Waals surface area contributed by atoms with Gasteiger partial charge in [0.05, 0.1) is 11.7 Å². The van der Waals surface area contributed by atoms with E-state index < -0.39 is 10.9 Å². The van der Waals surface area contributed by atoms with Crippen LogP contribution in [0.2, 0.25) is 0 Å². The largest absolute Gasteiger partial charge is 0.306 e. The fourth-order valence-corrected chi connectivity index (χ4v) is 6.73. The zero-order valence-electron chi connectivity index (χ0n) is 22.3. The summed E-state index contributed by atoms with van der Waals surface area (Å²) in [5.74, 6) is 0.217. The highest BCUT2D eigenvalue weighted by molar-refractivity contribution is 7.19. The lowest BCUT2D eigenvalue weighted by Crippen LogP contribution is -2.31. The Kier molecular flexibility index (Phi) is 6.25. The number of thiophene rings is 1. The van der Waals surface area contributed by atoms with Gasteiger partial charge in [-0.1, -0.05) is 53.6 Å². The van der Waals surface area contributed by atoms with E-state index >= 15 is 0 Å². The summed E-state index contributed by atoms with van der Waals surface area (Å²) in [6.07, 6.45) is 8.10. The number of nitrogens with zero attached hydrogens (tertiary/aromatic N) is 5. The van der Waals surface area contributed by atoms with Crippen LogP contribution in [0.4, 0.5) is 16.5 Å². The van der Waals surface area contributed by atoms with Gasteiger partial charge < -0.3 is 4.90 Å². The molecule has 3 aromatic carbocycles. The summed E-state index contributed by atoms with van der Waals surface area (Å²) in [7, 11) is 0. The van der Waals surface area contributed by atoms with Gasteiger partial charge in [-0.05, 0) is 57.0 Å². The average Bonchev–Trinajstić information content (AvgIpc) is 3.73. The van der Waals surface area contributed by atoms with Crippen molar-refractivity contribution in [3.05, 3.63) is 122 Å². The van der Waals surface area contributed by atoms with Gasteiger partial charge in [-0.3, -0.25) is 9.59 Å². The number of aryl methyl sites for hydroxylation is 1. The van der Waals surface area contributed by atoms with Crippen LogP contribution in [-0.4, -0.2) is 13.7 Å². The Balaban J connectivity index is 1.32. The molecule has 3 aromatic heterocycles. The van der Waals surface area contributed by atoms with Gasteiger partial charge in [0.1, 0.15) is 16.0 Å². The Morgan fingerprint density at radius 3 is 2.27 bits per heavy atom. The molecule has 9 heteroatoms. The number of pyridine rings is 1. The van der Waals surface area contributed by atoms with Crippen LogP contribution in [0.3, 0.4) is 0 Å². The van der Waals surface area contributed by atoms with Gasteiger partial charge in [0, 0.05) is 38.8 Å². The lowest BCUT2D eigenvalue weighted by molar-refractivity contribution is 0.877. The second-order valence-corrected chi connectivity index (χ2v) is 11.7. The van der Waals surface area contributed by atoms with Crippen molar-refractivity contribution in [2.75, 3.05) is 4.90 Å². The molecule has 41 heavy (non-hydrogen) atoms. The predicted octanol–water partition coefficient (Wildman–Crippen LogP) is 6.87. The third-order valence-electron chi connectivity index (χ3n) is 7.33. The first-order chi connectivity index (χ1) is 20.0. The molecule has 0 atom stereocenters. The quantitative estimate of drug-likeness (QED) is 0.224. The van der Waals surface area contributed by atoms with Crippen molar-refractivity contribution in [3.63, 3.8) is 0 Å². The van der Waals surface area contributed by atoms with Crippen LogP contribution in [0.5, 0.6) is 0 Å². The number of anilines is 2. The molecule has 0 fully saturated rings. The van der Waals surface area contributed by atoms with Crippen LogP contribution in [-0.2, 0) is 0 Å². The van der Waals surface area contributed by atoms with Gasteiger partial charge in [0.15, 0.2) is 11.2 Å². The van der Waals surface area contributed by atoms with E-state index in [4.69, 9.17) is 0 Å². The summed E-state index contributed by atoms with van der Waals surface area (Å²) in [4.78, 5) is 38.1. The summed E-state index contributed by atoms with van der Waals surface area (Å²) in [6, 6.07) is 19.5. The van der Waals surface area contributed by atoms with E-state index in [0.717, 1.165) is 45.7 Å². The van der Waals surface area contributed by atoms with Gasteiger partial charge >= 0.3 is 0 Å². The zero-order chi connectivity index (χ0) is 28.1. The number of benzene rings is 2. The van der Waals surface area contributed by atoms with Gasteiger partial charge in [0.2, 0.25) is 10.9 Å². The van der Waals surface area contributed by atoms with E-state index in [1.54, 1.807) is 41.8 Å². The zero-order valence-corrected chi connectivity index (χ0v) is 23.9. The molecular weight excluding hydrogens is 551 g/mol. The Morgan fingerprint density at radius 1 is 0.829 bits per heavy atom. The molecule has 1 aliphatic rings. The third kappa shape index (κ3) is 4.43. The Hall–Kier alpha value is -4.60. The number of aromatic nitrogens is 3. The molecule has 200 valence electrons. The molecule has 0 bridgehead atoms. The summed E-state index contributed by atoms with van der Waals surface area (Å²) in [5.41, 5.74) is 6.10. The Labute approximate surface area is 243 Å². The molecule has 6 aromatic rings. The molecular formula is C32H23N5O2S2. The molecule has 1 aliphatic carbocycles. The molecule has 0 aliphatic heterocycles. The molecule has 0 saturated carbocycles. The van der Waals surface area contributed by atoms with E-state index in [-0.39, 0.29) is 11.2 Å². The molecule has 7 rings (SSSR count). The highest BCUT2D eigenvalue weighted by Gasteiger charge is 2.21. The molecule has 0 unspecified atom stereocenters. The number of hydrogen-bond acceptors (Lipinski definition) is 9. The molecule has 0 saturated heterocycles. The monoisotopic (exact) mass is 573 g/mol. The second kappa shape index (κ2) is 10.1. The smallest absolute Gasteiger partial charge is 0.216 e. The standard InChI is InChI=1S/C32H23N5O2S2/c1-18-7-11-20(12-8-18)37(21-13-9-19(2)10-14-21)26-16-15-25(40-26)24-17-33-32(28-27(24)35-41-36-28)34-29-30(38)22-5-3-4-6-23(22)31(29)39/h3-9,11-13,15-17H,10,14H2,1-2H3. The van der Waals surface area contributed by atoms with Crippen LogP contribution in [0.1, 0.15) is 25.3 Å². The number of hydrogen-bond donors (Lipinski definition) is 0. The number of rotatable bonds is 5. The Morgan fingerprint density at radius 2 is 1.56 bits per heavy atom. The fraction of sp³-hybridized carbons (Fsp3) is 0.125. The van der Waals surface area contributed by atoms with E-state index in [1.165, 1.54) is 16.8 Å². The van der Waals surface area contributed by atoms with Crippen LogP contribution < -0.4 is 21.1 Å². The van der Waals surface area contributed by atoms with E-state index in [0.29, 0.717) is 21.8 Å². The maximum Gasteiger partial charge on any atom is 0.216 e. The average molecular weight is 574 g/mol. The van der Waals surface area contributed by atoms with Crippen molar-refractivity contribution in [3.8, 4) is 10.4 Å². The summed E-state index contributed by atoms with van der Waals surface area (Å²) >= 11 is 2.71. The summed E-state index contributed by atoms with van der Waals surface area (Å²) in [6.45, 7) is 4.26. The SMILES string of the molecule is CC1=CC=C(N(c2ccc(C)cc2)c2ccc(-c3cnc(N=c4c(=O)c5ccccc5c4=O)c4nsnc34)s2)CC1. The van der Waals surface area contributed by atoms with Gasteiger partial charge in [0.25, 0.3) is 0 Å². The normalized spacial score (nSPS) is 13.4. The van der Waals surface area contributed by atoms with Gasteiger partial charge in [-0.25, -0.2) is 9.98 Å². The molecule has 0 N–H and O–H groups in total. The van der Waals surface area contributed by atoms with Crippen molar-refractivity contribution in [2.45, 2.75) is 26.7 Å². The first kappa shape index (κ1) is 25.4. The molecule has 3 heterocycles. The molecule has 7 nitrogen and oxygen atoms in total. The number of fused-ring (bicyclic) bond motifs is 2. The second-order valence-electron chi connectivity index (χ2n) is 10.1. The van der Waals surface area contributed by atoms with Crippen LogP contribution in [0.25, 0.3) is 32.2 Å². The lowest BCUT2D eigenvalue weighted by atomic mass is 10.0. The van der Waals surface area contributed by atoms with Gasteiger partial charge in [-0.2, -0.15) is 8.75 Å². The predicted molar refractivity (Wildman–Crippen MR) is 167 cm³/mol. The first-order valence-electron chi connectivity index (χ1n) is 13.2. The van der Waals surface area contributed by atoms with Crippen molar-refractivity contribution in [2.24, 2.45) is 4.99 Å². The first-order valence-corrected chi connectivity index (χ1v) is 14.7. The van der Waals surface area contributed by atoms with Crippen molar-refractivity contribution in [1.29, 1.82) is 0 Å². The van der Waals surface area contributed by atoms with Crippen molar-refractivity contribution < 1.29 is 0 Å². The van der Waals surface area contributed by atoms with E-state index in [2.05, 4.69) is 86.0 Å². The van der Waals surface area contributed by atoms with Gasteiger partial charge in [-0.15, -0.1) is 11.3 Å². The van der Waals surface area contributed by atoms with Crippen LogP contribution in [0.15, 0.2) is 105 Å². The molecule has 0 amide bonds. The van der Waals surface area contributed by atoms with E-state index in [1.807, 2.05) is 0 Å². The fourth-order valence-electron chi connectivity index (χ4n) is 5.10. The highest BCUT2D eigenvalue weighted by Crippen LogP contribution is 2.43. The van der Waals surface area contributed by atoms with Crippen molar-refractivity contribution in [1.82, 2.24) is 13.7 Å². The minimum absolute atomic E-state index is 0.141. The van der Waals surface area contributed by atoms with Crippen molar-refractivity contribution >= 4 is 61.4 Å². The minimum atomic E-state index is -0.394. The van der Waals surface area contributed by atoms with E-state index in [9.17, 15) is 9.59 Å². The third-order valence-corrected chi connectivity index (χ3v) is 8.96. The van der Waals surface area contributed by atoms with Crippen LogP contribution >= 0.6 is 23.1 Å². The minimum Gasteiger partial charge on any atom is -0.306 e. The molecule has 0 radical (unpaired) electrons. The maximum absolute atomic E-state index is 12.9. The summed E-state index contributed by atoms with van der Waals surface area (Å²) < 4.78 is 8.99. The topological polar surface area (TPSA) is 88.4 Å².